The van der Waals surface area contributed by atoms with Crippen molar-refractivity contribution >= 4 is 35.2 Å². The van der Waals surface area contributed by atoms with Gasteiger partial charge in [-0.2, -0.15) is 0 Å². The summed E-state index contributed by atoms with van der Waals surface area (Å²) >= 11 is 7.49. The van der Waals surface area contributed by atoms with Gasteiger partial charge >= 0.3 is 0 Å². The number of aryl methyl sites for hydroxylation is 1. The summed E-state index contributed by atoms with van der Waals surface area (Å²) in [5.41, 5.74) is 3.28. The van der Waals surface area contributed by atoms with Gasteiger partial charge in [0.25, 0.3) is 0 Å². The third kappa shape index (κ3) is 7.69. The Balaban J connectivity index is 2.12. The monoisotopic (exact) mass is 446 g/mol. The number of carbonyl (C=O) groups is 2. The van der Waals surface area contributed by atoms with Crippen LogP contribution >= 0.6 is 23.4 Å². The van der Waals surface area contributed by atoms with Crippen molar-refractivity contribution in [2.75, 3.05) is 5.75 Å². The van der Waals surface area contributed by atoms with Gasteiger partial charge in [-0.15, -0.1) is 11.8 Å². The second-order valence-electron chi connectivity index (χ2n) is 7.72. The van der Waals surface area contributed by atoms with E-state index in [0.717, 1.165) is 22.4 Å². The maximum Gasteiger partial charge on any atom is 0.243 e. The molecule has 0 saturated carbocycles. The van der Waals surface area contributed by atoms with Crippen molar-refractivity contribution in [3.8, 4) is 0 Å². The molecule has 4 nitrogen and oxygen atoms in total. The van der Waals surface area contributed by atoms with Crippen LogP contribution in [0.3, 0.4) is 0 Å². The van der Waals surface area contributed by atoms with Crippen LogP contribution in [-0.4, -0.2) is 34.6 Å². The highest BCUT2D eigenvalue weighted by atomic mass is 35.5. The van der Waals surface area contributed by atoms with E-state index in [4.69, 9.17) is 11.6 Å². The third-order valence-electron chi connectivity index (χ3n) is 4.66. The lowest BCUT2D eigenvalue weighted by atomic mass is 10.1. The zero-order valence-corrected chi connectivity index (χ0v) is 19.7. The van der Waals surface area contributed by atoms with E-state index in [0.29, 0.717) is 23.7 Å². The highest BCUT2D eigenvalue weighted by Gasteiger charge is 2.28. The summed E-state index contributed by atoms with van der Waals surface area (Å²) in [5.74, 6) is 0.910. The number of hydrogen-bond acceptors (Lipinski definition) is 3. The number of thioether (sulfide) groups is 1. The van der Waals surface area contributed by atoms with E-state index in [-0.39, 0.29) is 17.9 Å². The Hall–Kier alpha value is -1.98. The molecule has 0 fully saturated rings. The Bertz CT molecular complexity index is 839. The first-order valence-electron chi connectivity index (χ1n) is 10.3. The quantitative estimate of drug-likeness (QED) is 0.544. The number of benzene rings is 2. The van der Waals surface area contributed by atoms with Crippen molar-refractivity contribution in [1.82, 2.24) is 10.2 Å². The predicted octanol–water partition coefficient (Wildman–Crippen LogP) is 5.21. The van der Waals surface area contributed by atoms with E-state index >= 15 is 0 Å². The molecule has 0 saturated heterocycles. The zero-order valence-electron chi connectivity index (χ0n) is 18.2. The van der Waals surface area contributed by atoms with E-state index in [1.807, 2.05) is 70.2 Å². The first-order chi connectivity index (χ1) is 14.3. The van der Waals surface area contributed by atoms with Crippen molar-refractivity contribution in [2.24, 2.45) is 0 Å². The fourth-order valence-electron chi connectivity index (χ4n) is 3.23. The molecular weight excluding hydrogens is 416 g/mol. The molecule has 2 aromatic carbocycles. The molecule has 1 unspecified atom stereocenters. The summed E-state index contributed by atoms with van der Waals surface area (Å²) in [6.45, 7) is 8.26. The lowest BCUT2D eigenvalue weighted by Gasteiger charge is -2.31. The van der Waals surface area contributed by atoms with E-state index in [1.54, 1.807) is 16.7 Å². The topological polar surface area (TPSA) is 49.4 Å². The molecule has 0 spiro atoms. The van der Waals surface area contributed by atoms with Gasteiger partial charge in [-0.05, 0) is 50.5 Å². The second-order valence-corrected chi connectivity index (χ2v) is 9.14. The molecule has 1 atom stereocenters. The van der Waals surface area contributed by atoms with Gasteiger partial charge in [-0.25, -0.2) is 0 Å². The van der Waals surface area contributed by atoms with Crippen LogP contribution in [0.25, 0.3) is 0 Å². The summed E-state index contributed by atoms with van der Waals surface area (Å²) in [4.78, 5) is 27.7. The lowest BCUT2D eigenvalue weighted by Crippen LogP contribution is -2.50. The Morgan fingerprint density at radius 1 is 1.10 bits per heavy atom. The van der Waals surface area contributed by atoms with Crippen LogP contribution in [0.2, 0.25) is 5.02 Å². The number of halogens is 1. The average molecular weight is 447 g/mol. The van der Waals surface area contributed by atoms with Gasteiger partial charge in [0, 0.05) is 23.4 Å². The Kier molecular flexibility index (Phi) is 9.73. The van der Waals surface area contributed by atoms with Crippen LogP contribution < -0.4 is 5.32 Å². The van der Waals surface area contributed by atoms with E-state index < -0.39 is 6.04 Å². The fraction of sp³-hybridized carbons (Fsp3) is 0.417. The molecular formula is C24H31ClN2O2S. The Morgan fingerprint density at radius 2 is 1.80 bits per heavy atom. The van der Waals surface area contributed by atoms with Crippen LogP contribution in [0.4, 0.5) is 0 Å². The fourth-order valence-corrected chi connectivity index (χ4v) is 4.22. The van der Waals surface area contributed by atoms with Crippen LogP contribution in [0, 0.1) is 6.92 Å². The predicted molar refractivity (Wildman–Crippen MR) is 127 cm³/mol. The first kappa shape index (κ1) is 24.3. The minimum Gasteiger partial charge on any atom is -0.352 e. The van der Waals surface area contributed by atoms with Gasteiger partial charge in [0.2, 0.25) is 11.8 Å². The van der Waals surface area contributed by atoms with Crippen LogP contribution in [0.1, 0.15) is 43.9 Å². The highest BCUT2D eigenvalue weighted by Crippen LogP contribution is 2.19. The molecule has 162 valence electrons. The Labute approximate surface area is 189 Å². The standard InChI is InChI=1S/C24H31ClN2O2S/c1-5-22(24(29)26-17(2)3)27(14-20-8-6-7-18(4)13-20)23(28)16-30-15-19-9-11-21(25)12-10-19/h6-13,17,22H,5,14-16H2,1-4H3,(H,26,29). The molecule has 0 aromatic heterocycles. The SMILES string of the molecule is CCC(C(=O)NC(C)C)N(Cc1cccc(C)c1)C(=O)CSCc1ccc(Cl)cc1. The van der Waals surface area contributed by atoms with Gasteiger partial charge in [0.15, 0.2) is 0 Å². The highest BCUT2D eigenvalue weighted by molar-refractivity contribution is 7.99. The number of hydrogen-bond donors (Lipinski definition) is 1. The second kappa shape index (κ2) is 12.0. The minimum absolute atomic E-state index is 0.0266. The zero-order chi connectivity index (χ0) is 22.1. The molecule has 2 rings (SSSR count). The van der Waals surface area contributed by atoms with Crippen molar-refractivity contribution in [3.63, 3.8) is 0 Å². The average Bonchev–Trinajstić information content (AvgIpc) is 2.68. The molecule has 0 aliphatic heterocycles. The molecule has 0 aliphatic rings. The molecule has 0 radical (unpaired) electrons. The van der Waals surface area contributed by atoms with Crippen LogP contribution in [-0.2, 0) is 21.9 Å². The molecule has 2 aromatic rings. The molecule has 0 bridgehead atoms. The number of rotatable bonds is 10. The summed E-state index contributed by atoms with van der Waals surface area (Å²) < 4.78 is 0. The summed E-state index contributed by atoms with van der Waals surface area (Å²) in [6, 6.07) is 15.3. The van der Waals surface area contributed by atoms with Gasteiger partial charge < -0.3 is 10.2 Å². The van der Waals surface area contributed by atoms with Crippen molar-refractivity contribution in [3.05, 3.63) is 70.2 Å². The summed E-state index contributed by atoms with van der Waals surface area (Å²) in [6.07, 6.45) is 0.567. The van der Waals surface area contributed by atoms with Gasteiger partial charge in [0.05, 0.1) is 5.75 Å². The van der Waals surface area contributed by atoms with Gasteiger partial charge in [0.1, 0.15) is 6.04 Å². The maximum atomic E-state index is 13.2. The van der Waals surface area contributed by atoms with Gasteiger partial charge in [-0.3, -0.25) is 9.59 Å². The number of nitrogens with one attached hydrogen (secondary N) is 1. The van der Waals surface area contributed by atoms with Gasteiger partial charge in [-0.1, -0.05) is 60.5 Å². The van der Waals surface area contributed by atoms with E-state index in [9.17, 15) is 9.59 Å². The largest absolute Gasteiger partial charge is 0.352 e. The number of carbonyl (C=O) groups excluding carboxylic acids is 2. The maximum absolute atomic E-state index is 13.2. The van der Waals surface area contributed by atoms with E-state index in [1.165, 1.54) is 0 Å². The number of nitrogens with zero attached hydrogens (tertiary/aromatic N) is 1. The number of amides is 2. The van der Waals surface area contributed by atoms with Crippen LogP contribution in [0.15, 0.2) is 48.5 Å². The van der Waals surface area contributed by atoms with Crippen LogP contribution in [0.5, 0.6) is 0 Å². The molecule has 0 heterocycles. The molecule has 2 amide bonds. The smallest absolute Gasteiger partial charge is 0.243 e. The van der Waals surface area contributed by atoms with Crippen molar-refractivity contribution < 1.29 is 9.59 Å². The van der Waals surface area contributed by atoms with E-state index in [2.05, 4.69) is 11.4 Å². The van der Waals surface area contributed by atoms with Crippen molar-refractivity contribution in [1.29, 1.82) is 0 Å². The molecule has 30 heavy (non-hydrogen) atoms. The molecule has 6 heteroatoms. The first-order valence-corrected chi connectivity index (χ1v) is 11.8. The molecule has 0 aliphatic carbocycles. The summed E-state index contributed by atoms with van der Waals surface area (Å²) in [7, 11) is 0. The normalized spacial score (nSPS) is 11.9. The minimum atomic E-state index is -0.489. The Morgan fingerprint density at radius 3 is 2.40 bits per heavy atom. The van der Waals surface area contributed by atoms with Crippen molar-refractivity contribution in [2.45, 2.75) is 58.5 Å². The third-order valence-corrected chi connectivity index (χ3v) is 5.90. The summed E-state index contributed by atoms with van der Waals surface area (Å²) in [5, 5.41) is 3.66. The molecule has 1 N–H and O–H groups in total. The lowest BCUT2D eigenvalue weighted by molar-refractivity contribution is -0.139.